The van der Waals surface area contributed by atoms with Gasteiger partial charge in [0.2, 0.25) is 5.91 Å². The predicted molar refractivity (Wildman–Crippen MR) is 118 cm³/mol. The van der Waals surface area contributed by atoms with Gasteiger partial charge in [0.25, 0.3) is 0 Å². The van der Waals surface area contributed by atoms with E-state index in [9.17, 15) is 18.0 Å². The molecule has 4 aromatic rings. The van der Waals surface area contributed by atoms with Crippen molar-refractivity contribution >= 4 is 34.4 Å². The van der Waals surface area contributed by atoms with Crippen LogP contribution in [0.15, 0.2) is 36.4 Å². The Bertz CT molecular complexity index is 1360. The van der Waals surface area contributed by atoms with Gasteiger partial charge in [0.05, 0.1) is 23.2 Å². The third kappa shape index (κ3) is 4.70. The lowest BCUT2D eigenvalue weighted by Gasteiger charge is -2.10. The molecule has 0 aliphatic rings. The number of hydrogen-bond acceptors (Lipinski definition) is 4. The molecule has 0 saturated heterocycles. The molecule has 7 nitrogen and oxygen atoms in total. The molecule has 3 aromatic heterocycles. The molecule has 0 saturated carbocycles. The number of nitrogens with zero attached hydrogens (tertiary/aromatic N) is 5. The summed E-state index contributed by atoms with van der Waals surface area (Å²) in [6.45, 7) is 4.89. The molecule has 0 aliphatic carbocycles. The smallest absolute Gasteiger partial charge is 0.308 e. The Morgan fingerprint density at radius 3 is 2.52 bits per heavy atom. The number of fused-ring (bicyclic) bond motifs is 1. The number of carbonyl (C=O) groups is 1. The number of rotatable bonds is 5. The van der Waals surface area contributed by atoms with Crippen molar-refractivity contribution in [2.75, 3.05) is 5.32 Å². The van der Waals surface area contributed by atoms with Crippen LogP contribution in [-0.4, -0.2) is 30.5 Å². The zero-order valence-corrected chi connectivity index (χ0v) is 18.8. The van der Waals surface area contributed by atoms with E-state index in [1.807, 2.05) is 25.1 Å². The highest BCUT2D eigenvalue weighted by Crippen LogP contribution is 2.36. The second-order valence-corrected chi connectivity index (χ2v) is 8.13. The molecule has 0 unspecified atom stereocenters. The zero-order chi connectivity index (χ0) is 23.9. The summed E-state index contributed by atoms with van der Waals surface area (Å²) in [5, 5.41) is 11.7. The average molecular weight is 477 g/mol. The first-order chi connectivity index (χ1) is 15.5. The largest absolute Gasteiger partial charge is 0.417 e. The van der Waals surface area contributed by atoms with Crippen LogP contribution in [0.3, 0.4) is 0 Å². The summed E-state index contributed by atoms with van der Waals surface area (Å²) in [6, 6.07) is 10.1. The van der Waals surface area contributed by atoms with Crippen molar-refractivity contribution in [1.29, 1.82) is 0 Å². The molecule has 4 rings (SSSR count). The van der Waals surface area contributed by atoms with Crippen LogP contribution in [0.5, 0.6) is 0 Å². The van der Waals surface area contributed by atoms with Crippen molar-refractivity contribution in [3.05, 3.63) is 69.6 Å². The van der Waals surface area contributed by atoms with E-state index in [1.165, 1.54) is 18.5 Å². The van der Waals surface area contributed by atoms with Gasteiger partial charge in [-0.25, -0.2) is 9.67 Å². The minimum atomic E-state index is -4.56. The molecule has 0 bridgehead atoms. The molecule has 0 aliphatic heterocycles. The molecule has 0 atom stereocenters. The number of amides is 1. The van der Waals surface area contributed by atoms with Crippen molar-refractivity contribution < 1.29 is 18.0 Å². The Labute approximate surface area is 192 Å². The van der Waals surface area contributed by atoms with Crippen LogP contribution >= 0.6 is 11.6 Å². The first kappa shape index (κ1) is 22.8. The molecule has 0 spiro atoms. The van der Waals surface area contributed by atoms with Gasteiger partial charge >= 0.3 is 6.18 Å². The topological polar surface area (TPSA) is 77.6 Å². The predicted octanol–water partition coefficient (Wildman–Crippen LogP) is 4.91. The number of hydrogen-bond donors (Lipinski definition) is 1. The maximum absolute atomic E-state index is 13.5. The summed E-state index contributed by atoms with van der Waals surface area (Å²) in [5.41, 5.74) is 1.21. The number of halogens is 4. The molecular formula is C22H20ClF3N6O. The minimum Gasteiger partial charge on any atom is -0.308 e. The van der Waals surface area contributed by atoms with Gasteiger partial charge in [0, 0.05) is 22.5 Å². The van der Waals surface area contributed by atoms with E-state index in [1.54, 1.807) is 16.8 Å². The normalized spacial score (nSPS) is 11.8. The van der Waals surface area contributed by atoms with Crippen LogP contribution in [0.25, 0.3) is 11.0 Å². The first-order valence-electron chi connectivity index (χ1n) is 10.0. The van der Waals surface area contributed by atoms with Gasteiger partial charge in [0.1, 0.15) is 6.54 Å². The highest BCUT2D eigenvalue weighted by Gasteiger charge is 2.35. The van der Waals surface area contributed by atoms with E-state index in [0.29, 0.717) is 17.4 Å². The molecule has 0 radical (unpaired) electrons. The Hall–Kier alpha value is -3.40. The van der Waals surface area contributed by atoms with Crippen LogP contribution in [0.1, 0.15) is 28.2 Å². The second-order valence-electron chi connectivity index (χ2n) is 7.72. The molecule has 172 valence electrons. The third-order valence-corrected chi connectivity index (χ3v) is 5.50. The number of aromatic nitrogens is 5. The SMILES string of the molecule is Cc1cc(C(F)(F)F)c2c(C)nn(CC(=O)Nc3cc(C)n(Cc4ccccc4Cl)n3)c2n1. The van der Waals surface area contributed by atoms with Gasteiger partial charge in [0.15, 0.2) is 11.5 Å². The number of carbonyl (C=O) groups excluding carboxylic acids is 1. The number of pyridine rings is 1. The van der Waals surface area contributed by atoms with E-state index < -0.39 is 17.6 Å². The summed E-state index contributed by atoms with van der Waals surface area (Å²) < 4.78 is 43.4. The molecule has 1 amide bonds. The fraction of sp³-hybridized carbons (Fsp3) is 0.273. The minimum absolute atomic E-state index is 0.00963. The van der Waals surface area contributed by atoms with Crippen LogP contribution in [0, 0.1) is 20.8 Å². The lowest BCUT2D eigenvalue weighted by Crippen LogP contribution is -2.20. The van der Waals surface area contributed by atoms with Gasteiger partial charge in [-0.2, -0.15) is 23.4 Å². The Morgan fingerprint density at radius 1 is 1.09 bits per heavy atom. The molecule has 3 heterocycles. The van der Waals surface area contributed by atoms with Crippen molar-refractivity contribution in [3.63, 3.8) is 0 Å². The Balaban J connectivity index is 1.55. The summed E-state index contributed by atoms with van der Waals surface area (Å²) >= 11 is 6.21. The average Bonchev–Trinajstić information content (AvgIpc) is 3.21. The van der Waals surface area contributed by atoms with E-state index in [-0.39, 0.29) is 29.0 Å². The highest BCUT2D eigenvalue weighted by molar-refractivity contribution is 6.31. The number of aryl methyl sites for hydroxylation is 3. The van der Waals surface area contributed by atoms with Gasteiger partial charge in [-0.3, -0.25) is 9.48 Å². The molecule has 0 fully saturated rings. The quantitative estimate of drug-likeness (QED) is 0.444. The molecule has 33 heavy (non-hydrogen) atoms. The van der Waals surface area contributed by atoms with Gasteiger partial charge < -0.3 is 5.32 Å². The lowest BCUT2D eigenvalue weighted by molar-refractivity contribution is -0.136. The monoisotopic (exact) mass is 476 g/mol. The fourth-order valence-electron chi connectivity index (χ4n) is 3.65. The molecule has 1 aromatic carbocycles. The van der Waals surface area contributed by atoms with Crippen molar-refractivity contribution in [2.45, 2.75) is 40.0 Å². The van der Waals surface area contributed by atoms with Crippen molar-refractivity contribution in [2.24, 2.45) is 0 Å². The fourth-order valence-corrected chi connectivity index (χ4v) is 3.85. The number of alkyl halides is 3. The Morgan fingerprint density at radius 2 is 1.82 bits per heavy atom. The van der Waals surface area contributed by atoms with Crippen LogP contribution in [0.4, 0.5) is 19.0 Å². The van der Waals surface area contributed by atoms with Gasteiger partial charge in [-0.1, -0.05) is 29.8 Å². The first-order valence-corrected chi connectivity index (χ1v) is 10.4. The van der Waals surface area contributed by atoms with E-state index in [0.717, 1.165) is 17.3 Å². The zero-order valence-electron chi connectivity index (χ0n) is 18.0. The standard InChI is InChI=1S/C22H20ClF3N6O/c1-12-8-16(22(24,25)26)20-14(3)29-32(21(20)27-12)11-19(33)28-18-9-13(2)31(30-18)10-15-6-4-5-7-17(15)23/h4-9H,10-11H2,1-3H3,(H,28,30,33). The van der Waals surface area contributed by atoms with Crippen LogP contribution in [0.2, 0.25) is 5.02 Å². The van der Waals surface area contributed by atoms with E-state index >= 15 is 0 Å². The Kier molecular flexibility index (Phi) is 5.87. The van der Waals surface area contributed by atoms with Crippen LogP contribution < -0.4 is 5.32 Å². The van der Waals surface area contributed by atoms with Crippen molar-refractivity contribution in [1.82, 2.24) is 24.5 Å². The van der Waals surface area contributed by atoms with Crippen LogP contribution in [-0.2, 0) is 24.1 Å². The highest BCUT2D eigenvalue weighted by atomic mass is 35.5. The maximum Gasteiger partial charge on any atom is 0.417 e. The molecular weight excluding hydrogens is 457 g/mol. The summed E-state index contributed by atoms with van der Waals surface area (Å²) in [6.07, 6.45) is -4.56. The second kappa shape index (κ2) is 8.51. The number of benzene rings is 1. The summed E-state index contributed by atoms with van der Waals surface area (Å²) in [4.78, 5) is 16.8. The van der Waals surface area contributed by atoms with E-state index in [4.69, 9.17) is 11.6 Å². The van der Waals surface area contributed by atoms with E-state index in [2.05, 4.69) is 20.5 Å². The number of nitrogens with one attached hydrogen (secondary N) is 1. The summed E-state index contributed by atoms with van der Waals surface area (Å²) in [5.74, 6) is -0.170. The lowest BCUT2D eigenvalue weighted by atomic mass is 10.1. The number of anilines is 1. The third-order valence-electron chi connectivity index (χ3n) is 5.13. The van der Waals surface area contributed by atoms with Gasteiger partial charge in [-0.15, -0.1) is 0 Å². The summed E-state index contributed by atoms with van der Waals surface area (Å²) in [7, 11) is 0. The van der Waals surface area contributed by atoms with Gasteiger partial charge in [-0.05, 0) is 38.5 Å². The molecule has 11 heteroatoms. The molecule has 1 N–H and O–H groups in total. The van der Waals surface area contributed by atoms with Crippen molar-refractivity contribution in [3.8, 4) is 0 Å². The maximum atomic E-state index is 13.5.